The van der Waals surface area contributed by atoms with Gasteiger partial charge in [-0.3, -0.25) is 0 Å². The summed E-state index contributed by atoms with van der Waals surface area (Å²) in [7, 11) is 1.65. The molecule has 2 aromatic rings. The molecule has 0 saturated carbocycles. The number of hydrogen-bond acceptors (Lipinski definition) is 3. The Labute approximate surface area is 126 Å². The zero-order valence-electron chi connectivity index (χ0n) is 13.1. The molecule has 0 fully saturated rings. The highest BCUT2D eigenvalue weighted by Crippen LogP contribution is 2.25. The largest absolute Gasteiger partial charge is 0.497 e. The molecule has 3 heteroatoms. The van der Waals surface area contributed by atoms with Gasteiger partial charge in [-0.1, -0.05) is 18.2 Å². The fraction of sp³-hybridized carbons (Fsp3) is 0.333. The van der Waals surface area contributed by atoms with Crippen molar-refractivity contribution in [3.8, 4) is 11.5 Å². The molecule has 0 saturated heterocycles. The fourth-order valence-electron chi connectivity index (χ4n) is 2.30. The summed E-state index contributed by atoms with van der Waals surface area (Å²) in [4.78, 5) is 0. The molecule has 0 aliphatic carbocycles. The lowest BCUT2D eigenvalue weighted by molar-refractivity contribution is 0.288. The molecule has 0 bridgehead atoms. The maximum atomic E-state index is 6.21. The summed E-state index contributed by atoms with van der Waals surface area (Å²) in [5.41, 5.74) is 10.8. The first-order valence-corrected chi connectivity index (χ1v) is 7.11. The molecular weight excluding hydrogens is 262 g/mol. The number of benzene rings is 2. The predicted octanol–water partition coefficient (Wildman–Crippen LogP) is 3.70. The summed E-state index contributed by atoms with van der Waals surface area (Å²) >= 11 is 0. The van der Waals surface area contributed by atoms with Crippen molar-refractivity contribution in [1.82, 2.24) is 0 Å². The maximum absolute atomic E-state index is 6.21. The van der Waals surface area contributed by atoms with Gasteiger partial charge in [0.25, 0.3) is 0 Å². The van der Waals surface area contributed by atoms with Gasteiger partial charge in [-0.25, -0.2) is 0 Å². The minimum Gasteiger partial charge on any atom is -0.497 e. The van der Waals surface area contributed by atoms with Gasteiger partial charge in [0.15, 0.2) is 0 Å². The van der Waals surface area contributed by atoms with E-state index in [0.717, 1.165) is 17.1 Å². The summed E-state index contributed by atoms with van der Waals surface area (Å²) in [6, 6.07) is 11.8. The maximum Gasteiger partial charge on any atom is 0.122 e. The van der Waals surface area contributed by atoms with E-state index in [2.05, 4.69) is 32.9 Å². The van der Waals surface area contributed by atoms with Gasteiger partial charge in [0.2, 0.25) is 0 Å². The number of aryl methyl sites for hydroxylation is 2. The van der Waals surface area contributed by atoms with Crippen molar-refractivity contribution in [2.75, 3.05) is 13.7 Å². The Morgan fingerprint density at radius 1 is 1.10 bits per heavy atom. The topological polar surface area (TPSA) is 44.5 Å². The second kappa shape index (κ2) is 6.64. The molecule has 2 N–H and O–H groups in total. The third kappa shape index (κ3) is 3.76. The van der Waals surface area contributed by atoms with Crippen molar-refractivity contribution in [3.63, 3.8) is 0 Å². The molecule has 1 unspecified atom stereocenters. The van der Waals surface area contributed by atoms with E-state index in [1.807, 2.05) is 24.3 Å². The minimum atomic E-state index is -0.180. The van der Waals surface area contributed by atoms with Crippen molar-refractivity contribution >= 4 is 0 Å². The summed E-state index contributed by atoms with van der Waals surface area (Å²) in [6.07, 6.45) is 0. The van der Waals surface area contributed by atoms with E-state index < -0.39 is 0 Å². The van der Waals surface area contributed by atoms with Crippen LogP contribution < -0.4 is 15.2 Å². The average molecular weight is 285 g/mol. The molecule has 112 valence electrons. The normalized spacial score (nSPS) is 12.0. The second-order valence-electron chi connectivity index (χ2n) is 5.40. The Morgan fingerprint density at radius 2 is 1.86 bits per heavy atom. The molecule has 2 aromatic carbocycles. The van der Waals surface area contributed by atoms with Crippen LogP contribution in [0, 0.1) is 20.8 Å². The van der Waals surface area contributed by atoms with Crippen molar-refractivity contribution in [3.05, 3.63) is 58.7 Å². The van der Waals surface area contributed by atoms with E-state index in [4.69, 9.17) is 15.2 Å². The summed E-state index contributed by atoms with van der Waals surface area (Å²) in [5.74, 6) is 1.72. The second-order valence-corrected chi connectivity index (χ2v) is 5.40. The van der Waals surface area contributed by atoms with Gasteiger partial charge in [0, 0.05) is 0 Å². The first-order valence-electron chi connectivity index (χ1n) is 7.11. The molecule has 0 spiro atoms. The van der Waals surface area contributed by atoms with Crippen molar-refractivity contribution in [2.45, 2.75) is 26.8 Å². The number of nitrogens with two attached hydrogens (primary N) is 1. The Bertz CT molecular complexity index is 623. The van der Waals surface area contributed by atoms with Crippen LogP contribution in [0.25, 0.3) is 0 Å². The van der Waals surface area contributed by atoms with E-state index in [9.17, 15) is 0 Å². The molecule has 0 aromatic heterocycles. The van der Waals surface area contributed by atoms with Crippen molar-refractivity contribution in [1.29, 1.82) is 0 Å². The van der Waals surface area contributed by atoms with Gasteiger partial charge in [-0.15, -0.1) is 0 Å². The molecule has 0 radical (unpaired) electrons. The number of rotatable bonds is 5. The third-order valence-corrected chi connectivity index (χ3v) is 3.70. The monoisotopic (exact) mass is 285 g/mol. The van der Waals surface area contributed by atoms with Crippen LogP contribution in [0.15, 0.2) is 36.4 Å². The van der Waals surface area contributed by atoms with Crippen LogP contribution in [-0.2, 0) is 0 Å². The lowest BCUT2D eigenvalue weighted by atomic mass is 10.1. The average Bonchev–Trinajstić information content (AvgIpc) is 2.49. The van der Waals surface area contributed by atoms with Crippen LogP contribution in [0.4, 0.5) is 0 Å². The third-order valence-electron chi connectivity index (χ3n) is 3.70. The van der Waals surface area contributed by atoms with Crippen LogP contribution >= 0.6 is 0 Å². The van der Waals surface area contributed by atoms with Gasteiger partial charge in [-0.2, -0.15) is 0 Å². The van der Waals surface area contributed by atoms with Crippen LogP contribution in [0.1, 0.15) is 28.3 Å². The van der Waals surface area contributed by atoms with E-state index in [1.54, 1.807) is 7.11 Å². The van der Waals surface area contributed by atoms with Gasteiger partial charge >= 0.3 is 0 Å². The standard InChI is InChI=1S/C18H23NO2/c1-12-8-13(2)14(3)18(9-12)21-11-17(19)15-6-5-7-16(10-15)20-4/h5-10,17H,11,19H2,1-4H3. The van der Waals surface area contributed by atoms with Gasteiger partial charge in [0.1, 0.15) is 18.1 Å². The van der Waals surface area contributed by atoms with E-state index in [0.29, 0.717) is 6.61 Å². The minimum absolute atomic E-state index is 0.180. The number of ether oxygens (including phenoxy) is 2. The van der Waals surface area contributed by atoms with Crippen LogP contribution in [0.2, 0.25) is 0 Å². The molecule has 0 aliphatic heterocycles. The Kier molecular flexibility index (Phi) is 4.86. The Balaban J connectivity index is 2.09. The molecule has 0 heterocycles. The molecule has 3 nitrogen and oxygen atoms in total. The molecular formula is C18H23NO2. The number of methoxy groups -OCH3 is 1. The highest BCUT2D eigenvalue weighted by molar-refractivity contribution is 5.42. The van der Waals surface area contributed by atoms with Crippen LogP contribution in [0.3, 0.4) is 0 Å². The molecule has 0 aliphatic rings. The van der Waals surface area contributed by atoms with Crippen LogP contribution in [-0.4, -0.2) is 13.7 Å². The summed E-state index contributed by atoms with van der Waals surface area (Å²) < 4.78 is 11.1. The lowest BCUT2D eigenvalue weighted by Gasteiger charge is -2.17. The fourth-order valence-corrected chi connectivity index (χ4v) is 2.30. The quantitative estimate of drug-likeness (QED) is 0.911. The van der Waals surface area contributed by atoms with E-state index in [-0.39, 0.29) is 6.04 Å². The Hall–Kier alpha value is -2.00. The first kappa shape index (κ1) is 15.4. The molecule has 2 rings (SSSR count). The predicted molar refractivity (Wildman–Crippen MR) is 86.1 cm³/mol. The van der Waals surface area contributed by atoms with E-state index in [1.165, 1.54) is 16.7 Å². The SMILES string of the molecule is COc1cccc(C(N)COc2cc(C)cc(C)c2C)c1. The van der Waals surface area contributed by atoms with Crippen molar-refractivity contribution in [2.24, 2.45) is 5.73 Å². The van der Waals surface area contributed by atoms with Crippen molar-refractivity contribution < 1.29 is 9.47 Å². The smallest absolute Gasteiger partial charge is 0.122 e. The van der Waals surface area contributed by atoms with Gasteiger partial charge in [0.05, 0.1) is 13.2 Å². The molecule has 0 amide bonds. The highest BCUT2D eigenvalue weighted by Gasteiger charge is 2.10. The first-order chi connectivity index (χ1) is 10.0. The molecule has 1 atom stereocenters. The lowest BCUT2D eigenvalue weighted by Crippen LogP contribution is -2.19. The zero-order valence-corrected chi connectivity index (χ0v) is 13.1. The highest BCUT2D eigenvalue weighted by atomic mass is 16.5. The number of hydrogen-bond donors (Lipinski definition) is 1. The van der Waals surface area contributed by atoms with Gasteiger partial charge < -0.3 is 15.2 Å². The van der Waals surface area contributed by atoms with Crippen LogP contribution in [0.5, 0.6) is 11.5 Å². The van der Waals surface area contributed by atoms with E-state index >= 15 is 0 Å². The molecule has 21 heavy (non-hydrogen) atoms. The zero-order chi connectivity index (χ0) is 15.4. The summed E-state index contributed by atoms with van der Waals surface area (Å²) in [5, 5.41) is 0. The van der Waals surface area contributed by atoms with Gasteiger partial charge in [-0.05, 0) is 61.2 Å². The Morgan fingerprint density at radius 3 is 2.57 bits per heavy atom. The summed E-state index contributed by atoms with van der Waals surface area (Å²) in [6.45, 7) is 6.68.